The summed E-state index contributed by atoms with van der Waals surface area (Å²) in [5.41, 5.74) is 1.61. The predicted octanol–water partition coefficient (Wildman–Crippen LogP) is 2.68. The van der Waals surface area contributed by atoms with E-state index >= 15 is 0 Å². The highest BCUT2D eigenvalue weighted by atomic mass is 35.5. The number of nitrogens with one attached hydrogen (secondary N) is 1. The van der Waals surface area contributed by atoms with Gasteiger partial charge >= 0.3 is 0 Å². The van der Waals surface area contributed by atoms with Gasteiger partial charge in [0.1, 0.15) is 0 Å². The number of benzene rings is 1. The van der Waals surface area contributed by atoms with Crippen LogP contribution in [0.4, 0.5) is 5.69 Å². The van der Waals surface area contributed by atoms with Crippen LogP contribution in [0.1, 0.15) is 24.3 Å². The number of carbonyl (C=O) groups excluding carboxylic acids is 1. The molecule has 1 aliphatic rings. The zero-order chi connectivity index (χ0) is 10.8. The molecule has 0 saturated heterocycles. The van der Waals surface area contributed by atoms with E-state index in [1.165, 1.54) is 0 Å². The van der Waals surface area contributed by atoms with Crippen LogP contribution in [0.3, 0.4) is 0 Å². The third-order valence-corrected chi connectivity index (χ3v) is 2.85. The molecule has 1 amide bonds. The third kappa shape index (κ3) is 1.69. The number of carbonyl (C=O) groups is 1. The summed E-state index contributed by atoms with van der Waals surface area (Å²) in [4.78, 5) is 11.6. The van der Waals surface area contributed by atoms with Crippen LogP contribution in [0.2, 0.25) is 5.02 Å². The van der Waals surface area contributed by atoms with Crippen molar-refractivity contribution < 1.29 is 4.79 Å². The smallest absolute Gasteiger partial charge is 0.232 e. The van der Waals surface area contributed by atoms with Gasteiger partial charge in [-0.05, 0) is 18.1 Å². The van der Waals surface area contributed by atoms with Gasteiger partial charge in [-0.1, -0.05) is 23.7 Å². The molecule has 1 aliphatic heterocycles. The number of hydrogen-bond donors (Lipinski definition) is 1. The molecule has 3 nitrogen and oxygen atoms in total. The second-order valence-electron chi connectivity index (χ2n) is 3.44. The van der Waals surface area contributed by atoms with Gasteiger partial charge in [-0.2, -0.15) is 5.26 Å². The minimum absolute atomic E-state index is 0.0617. The van der Waals surface area contributed by atoms with Gasteiger partial charge < -0.3 is 5.32 Å². The highest BCUT2D eigenvalue weighted by Gasteiger charge is 2.31. The summed E-state index contributed by atoms with van der Waals surface area (Å²) in [6, 6.07) is 7.49. The molecule has 1 heterocycles. The molecular formula is C11H9ClN2O. The van der Waals surface area contributed by atoms with Crippen molar-refractivity contribution in [3.63, 3.8) is 0 Å². The van der Waals surface area contributed by atoms with Crippen LogP contribution >= 0.6 is 11.6 Å². The zero-order valence-corrected chi connectivity index (χ0v) is 8.71. The molecule has 0 saturated carbocycles. The number of para-hydroxylation sites is 1. The Morgan fingerprint density at radius 1 is 1.53 bits per heavy atom. The number of nitrogens with zero attached hydrogens (tertiary/aromatic N) is 1. The Labute approximate surface area is 92.7 Å². The molecule has 0 radical (unpaired) electrons. The fourth-order valence-electron chi connectivity index (χ4n) is 1.81. The normalized spacial score (nSPS) is 18.1. The van der Waals surface area contributed by atoms with Crippen molar-refractivity contribution in [3.05, 3.63) is 28.8 Å². The number of rotatable bonds is 2. The van der Waals surface area contributed by atoms with Crippen LogP contribution in [0.25, 0.3) is 0 Å². The van der Waals surface area contributed by atoms with Gasteiger partial charge in [-0.15, -0.1) is 0 Å². The van der Waals surface area contributed by atoms with Gasteiger partial charge in [0.2, 0.25) is 5.91 Å². The third-order valence-electron chi connectivity index (χ3n) is 2.53. The first-order chi connectivity index (χ1) is 7.24. The van der Waals surface area contributed by atoms with Crippen LogP contribution in [0, 0.1) is 11.3 Å². The number of halogens is 1. The topological polar surface area (TPSA) is 52.9 Å². The van der Waals surface area contributed by atoms with Crippen molar-refractivity contribution in [2.24, 2.45) is 0 Å². The van der Waals surface area contributed by atoms with Crippen molar-refractivity contribution in [1.29, 1.82) is 5.26 Å². The molecule has 2 rings (SSSR count). The van der Waals surface area contributed by atoms with Crippen molar-refractivity contribution >= 4 is 23.2 Å². The Hall–Kier alpha value is -1.53. The number of amides is 1. The Balaban J connectivity index is 2.34. The second kappa shape index (κ2) is 3.92. The number of nitriles is 1. The van der Waals surface area contributed by atoms with E-state index in [9.17, 15) is 4.79 Å². The van der Waals surface area contributed by atoms with Gasteiger partial charge in [0.05, 0.1) is 22.7 Å². The molecule has 0 fully saturated rings. The summed E-state index contributed by atoms with van der Waals surface area (Å²) >= 11 is 5.95. The maximum absolute atomic E-state index is 11.6. The lowest BCUT2D eigenvalue weighted by atomic mass is 9.96. The highest BCUT2D eigenvalue weighted by molar-refractivity contribution is 6.34. The summed E-state index contributed by atoms with van der Waals surface area (Å²) < 4.78 is 0. The van der Waals surface area contributed by atoms with E-state index < -0.39 is 0 Å². The Morgan fingerprint density at radius 2 is 2.33 bits per heavy atom. The van der Waals surface area contributed by atoms with E-state index in [2.05, 4.69) is 5.32 Å². The van der Waals surface area contributed by atoms with Gasteiger partial charge in [-0.25, -0.2) is 0 Å². The fraction of sp³-hybridized carbons (Fsp3) is 0.273. The van der Waals surface area contributed by atoms with E-state index in [4.69, 9.17) is 16.9 Å². The summed E-state index contributed by atoms with van der Waals surface area (Å²) in [7, 11) is 0. The summed E-state index contributed by atoms with van der Waals surface area (Å²) in [6.45, 7) is 0. The van der Waals surface area contributed by atoms with Crippen LogP contribution < -0.4 is 5.32 Å². The molecule has 0 aliphatic carbocycles. The number of anilines is 1. The Morgan fingerprint density at radius 3 is 3.07 bits per heavy atom. The van der Waals surface area contributed by atoms with Crippen molar-refractivity contribution in [3.8, 4) is 6.07 Å². The van der Waals surface area contributed by atoms with Crippen molar-refractivity contribution in [2.75, 3.05) is 5.32 Å². The summed E-state index contributed by atoms with van der Waals surface area (Å²) in [5, 5.41) is 11.8. The summed E-state index contributed by atoms with van der Waals surface area (Å²) in [5.74, 6) is -0.285. The number of hydrogen-bond acceptors (Lipinski definition) is 2. The Bertz CT molecular complexity index is 450. The molecule has 76 valence electrons. The van der Waals surface area contributed by atoms with E-state index in [-0.39, 0.29) is 11.8 Å². The lowest BCUT2D eigenvalue weighted by Gasteiger charge is -2.05. The quantitative estimate of drug-likeness (QED) is 0.833. The predicted molar refractivity (Wildman–Crippen MR) is 57.7 cm³/mol. The standard InChI is InChI=1S/C11H9ClN2O/c12-9-5-1-3-7-8(4-2-6-13)11(15)14-10(7)9/h1,3,5,8H,2,4H2,(H,14,15). The van der Waals surface area contributed by atoms with E-state index in [1.807, 2.05) is 18.2 Å². The van der Waals surface area contributed by atoms with Crippen molar-refractivity contribution in [1.82, 2.24) is 0 Å². The fourth-order valence-corrected chi connectivity index (χ4v) is 2.04. The van der Waals surface area contributed by atoms with Crippen LogP contribution in [-0.2, 0) is 4.79 Å². The van der Waals surface area contributed by atoms with Crippen molar-refractivity contribution in [2.45, 2.75) is 18.8 Å². The summed E-state index contributed by atoms with van der Waals surface area (Å²) in [6.07, 6.45) is 0.930. The largest absolute Gasteiger partial charge is 0.324 e. The van der Waals surface area contributed by atoms with Crippen LogP contribution in [-0.4, -0.2) is 5.91 Å². The van der Waals surface area contributed by atoms with Gasteiger partial charge in [0.25, 0.3) is 0 Å². The second-order valence-corrected chi connectivity index (χ2v) is 3.85. The molecular weight excluding hydrogens is 212 g/mol. The lowest BCUT2D eigenvalue weighted by molar-refractivity contribution is -0.117. The maximum Gasteiger partial charge on any atom is 0.232 e. The molecule has 1 unspecified atom stereocenters. The minimum atomic E-state index is -0.224. The maximum atomic E-state index is 11.6. The molecule has 0 aromatic heterocycles. The monoisotopic (exact) mass is 220 g/mol. The zero-order valence-electron chi connectivity index (χ0n) is 7.96. The average Bonchev–Trinajstić information content (AvgIpc) is 2.54. The van der Waals surface area contributed by atoms with E-state index in [0.29, 0.717) is 23.6 Å². The molecule has 1 atom stereocenters. The first kappa shape index (κ1) is 10.0. The highest BCUT2D eigenvalue weighted by Crippen LogP contribution is 2.39. The number of fused-ring (bicyclic) bond motifs is 1. The van der Waals surface area contributed by atoms with Gasteiger partial charge in [0, 0.05) is 6.42 Å². The minimum Gasteiger partial charge on any atom is -0.324 e. The first-order valence-electron chi connectivity index (χ1n) is 4.70. The molecule has 1 aromatic rings. The molecule has 4 heteroatoms. The van der Waals surface area contributed by atoms with Crippen LogP contribution in [0.5, 0.6) is 0 Å². The van der Waals surface area contributed by atoms with E-state index in [0.717, 1.165) is 5.56 Å². The average molecular weight is 221 g/mol. The van der Waals surface area contributed by atoms with Crippen LogP contribution in [0.15, 0.2) is 18.2 Å². The molecule has 15 heavy (non-hydrogen) atoms. The van der Waals surface area contributed by atoms with Gasteiger partial charge in [-0.3, -0.25) is 4.79 Å². The molecule has 0 spiro atoms. The van der Waals surface area contributed by atoms with Gasteiger partial charge in [0.15, 0.2) is 0 Å². The SMILES string of the molecule is N#CCCC1C(=O)Nc2c(Cl)cccc21. The molecule has 1 aromatic carbocycles. The molecule has 0 bridgehead atoms. The lowest BCUT2D eigenvalue weighted by Crippen LogP contribution is -2.11. The first-order valence-corrected chi connectivity index (χ1v) is 5.08. The van der Waals surface area contributed by atoms with E-state index in [1.54, 1.807) is 6.07 Å². The molecule has 1 N–H and O–H groups in total. The Kier molecular flexibility index (Phi) is 2.61.